The number of hydrogen-bond acceptors (Lipinski definition) is 1. The minimum atomic E-state index is 0.0788. The zero-order chi connectivity index (χ0) is 8.20. The number of nitrogens with one attached hydrogen (secondary N) is 1. The summed E-state index contributed by atoms with van der Waals surface area (Å²) >= 11 is 0. The summed E-state index contributed by atoms with van der Waals surface area (Å²) in [6, 6.07) is 0. The third-order valence-corrected chi connectivity index (χ3v) is 0.925. The van der Waals surface area contributed by atoms with Gasteiger partial charge in [0, 0.05) is 0 Å². The van der Waals surface area contributed by atoms with Crippen molar-refractivity contribution in [2.45, 2.75) is 39.7 Å². The van der Waals surface area contributed by atoms with Crippen molar-refractivity contribution in [1.82, 2.24) is 0 Å². The normalized spacial score (nSPS) is 12.4. The van der Waals surface area contributed by atoms with Gasteiger partial charge in [-0.05, 0) is 27.7 Å². The summed E-state index contributed by atoms with van der Waals surface area (Å²) in [4.78, 5) is 13.6. The number of Topliss-reactive ketones (excluding diaryl/α,β-unsaturated/α-hetero) is 1. The Balaban J connectivity index is 3.67. The molecule has 10 heavy (non-hydrogen) atoms. The second-order valence-corrected chi connectivity index (χ2v) is 3.50. The Bertz CT molecular complexity index is 142. The first kappa shape index (κ1) is 9.34. The summed E-state index contributed by atoms with van der Waals surface area (Å²) in [6.45, 7) is 7.76. The molecule has 0 bridgehead atoms. The van der Waals surface area contributed by atoms with Crippen molar-refractivity contribution in [2.24, 2.45) is 0 Å². The van der Waals surface area contributed by atoms with Crippen LogP contribution in [-0.2, 0) is 4.79 Å². The molecule has 0 unspecified atom stereocenters. The van der Waals surface area contributed by atoms with Gasteiger partial charge in [0.15, 0.2) is 5.54 Å². The second kappa shape index (κ2) is 3.49. The third-order valence-electron chi connectivity index (χ3n) is 0.925. The summed E-state index contributed by atoms with van der Waals surface area (Å²) in [5.74, 6) is 0.191. The average Bonchev–Trinajstić information content (AvgIpc) is 1.59. The Labute approximate surface area is 62.4 Å². The van der Waals surface area contributed by atoms with Crippen LogP contribution in [0.15, 0.2) is 0 Å². The molecule has 0 fully saturated rings. The average molecular weight is 142 g/mol. The first-order chi connectivity index (χ1) is 4.42. The van der Waals surface area contributed by atoms with Gasteiger partial charge in [-0.25, -0.2) is 4.99 Å². The number of rotatable bonds is 2. The van der Waals surface area contributed by atoms with E-state index in [2.05, 4.69) is 25.8 Å². The highest BCUT2D eigenvalue weighted by molar-refractivity contribution is 5.87. The molecule has 0 radical (unpaired) electrons. The minimum Gasteiger partial charge on any atom is -0.299 e. The molecule has 58 valence electrons. The molecule has 2 nitrogen and oxygen atoms in total. The smallest absolute Gasteiger partial charge is 0.151 e. The van der Waals surface area contributed by atoms with Crippen LogP contribution in [0.3, 0.4) is 0 Å². The van der Waals surface area contributed by atoms with Gasteiger partial charge in [0.25, 0.3) is 0 Å². The van der Waals surface area contributed by atoms with Crippen molar-refractivity contribution in [1.29, 1.82) is 0 Å². The van der Waals surface area contributed by atoms with Crippen LogP contribution in [0.1, 0.15) is 34.1 Å². The van der Waals surface area contributed by atoms with Crippen molar-refractivity contribution >= 4 is 12.0 Å². The van der Waals surface area contributed by atoms with Crippen LogP contribution >= 0.6 is 0 Å². The van der Waals surface area contributed by atoms with E-state index in [9.17, 15) is 4.79 Å². The van der Waals surface area contributed by atoms with E-state index in [-0.39, 0.29) is 11.3 Å². The molecule has 0 aromatic heterocycles. The van der Waals surface area contributed by atoms with Gasteiger partial charge in [-0.1, -0.05) is 0 Å². The van der Waals surface area contributed by atoms with Crippen LogP contribution in [-0.4, -0.2) is 17.5 Å². The molecule has 0 aromatic carbocycles. The summed E-state index contributed by atoms with van der Waals surface area (Å²) in [7, 11) is 0. The van der Waals surface area contributed by atoms with Gasteiger partial charge >= 0.3 is 0 Å². The van der Waals surface area contributed by atoms with Gasteiger partial charge in [-0.15, -0.1) is 0 Å². The van der Waals surface area contributed by atoms with Crippen LogP contribution in [0, 0.1) is 0 Å². The van der Waals surface area contributed by atoms with Crippen LogP contribution in [0.2, 0.25) is 0 Å². The molecule has 0 aliphatic rings. The fourth-order valence-electron chi connectivity index (χ4n) is 0.501. The van der Waals surface area contributed by atoms with E-state index >= 15 is 0 Å². The fourth-order valence-corrected chi connectivity index (χ4v) is 0.501. The zero-order valence-corrected chi connectivity index (χ0v) is 7.19. The highest BCUT2D eigenvalue weighted by Crippen LogP contribution is 1.86. The molecular weight excluding hydrogens is 126 g/mol. The molecule has 0 atom stereocenters. The maximum absolute atomic E-state index is 10.5. The van der Waals surface area contributed by atoms with Gasteiger partial charge in [0.1, 0.15) is 12.0 Å². The van der Waals surface area contributed by atoms with E-state index in [1.54, 1.807) is 6.92 Å². The van der Waals surface area contributed by atoms with E-state index in [4.69, 9.17) is 0 Å². The van der Waals surface area contributed by atoms with E-state index < -0.39 is 0 Å². The second-order valence-electron chi connectivity index (χ2n) is 3.50. The molecule has 1 N–H and O–H groups in total. The lowest BCUT2D eigenvalue weighted by molar-refractivity contribution is -0.534. The Hall–Kier alpha value is -0.660. The molecule has 0 saturated carbocycles. The number of carbonyl (C=O) groups excluding carboxylic acids is 1. The van der Waals surface area contributed by atoms with Crippen molar-refractivity contribution in [3.8, 4) is 0 Å². The minimum absolute atomic E-state index is 0.0788. The Morgan fingerprint density at radius 1 is 1.50 bits per heavy atom. The lowest BCUT2D eigenvalue weighted by Gasteiger charge is -2.02. The predicted molar refractivity (Wildman–Crippen MR) is 42.1 cm³/mol. The summed E-state index contributed by atoms with van der Waals surface area (Å²) in [5, 5.41) is 0. The fraction of sp³-hybridized carbons (Fsp3) is 0.750. The Morgan fingerprint density at radius 2 is 2.00 bits per heavy atom. The summed E-state index contributed by atoms with van der Waals surface area (Å²) in [6.07, 6.45) is 2.32. The van der Waals surface area contributed by atoms with Gasteiger partial charge in [-0.3, -0.25) is 4.79 Å². The standard InChI is InChI=1S/C8H15NO/c1-7(10)5-6-9-8(2,3)4/h6H,5H2,1-4H3/p+1. The molecule has 0 aliphatic carbocycles. The van der Waals surface area contributed by atoms with Crippen LogP contribution in [0.25, 0.3) is 0 Å². The first-order valence-corrected chi connectivity index (χ1v) is 3.50. The van der Waals surface area contributed by atoms with E-state index in [1.807, 2.05) is 6.21 Å². The van der Waals surface area contributed by atoms with Crippen LogP contribution < -0.4 is 4.99 Å². The monoisotopic (exact) mass is 142 g/mol. The highest BCUT2D eigenvalue weighted by atomic mass is 16.1. The van der Waals surface area contributed by atoms with Crippen molar-refractivity contribution in [3.63, 3.8) is 0 Å². The van der Waals surface area contributed by atoms with Crippen LogP contribution in [0.4, 0.5) is 0 Å². The van der Waals surface area contributed by atoms with E-state index in [1.165, 1.54) is 0 Å². The highest BCUT2D eigenvalue weighted by Gasteiger charge is 2.11. The molecule has 0 heterocycles. The Morgan fingerprint density at radius 3 is 2.30 bits per heavy atom. The predicted octanol–water partition coefficient (Wildman–Crippen LogP) is -0.0846. The van der Waals surface area contributed by atoms with E-state index in [0.717, 1.165) is 0 Å². The lowest BCUT2D eigenvalue weighted by atomic mass is 10.1. The van der Waals surface area contributed by atoms with Gasteiger partial charge in [0.2, 0.25) is 0 Å². The van der Waals surface area contributed by atoms with Gasteiger partial charge in [0.05, 0.1) is 6.42 Å². The molecule has 0 spiro atoms. The van der Waals surface area contributed by atoms with Crippen molar-refractivity contribution in [3.05, 3.63) is 0 Å². The molecule has 0 saturated heterocycles. The Kier molecular flexibility index (Phi) is 3.26. The number of carbonyl (C=O) groups is 1. The molecule has 0 amide bonds. The molecule has 2 heteroatoms. The third kappa shape index (κ3) is 7.34. The molecule has 0 rings (SSSR count). The van der Waals surface area contributed by atoms with Crippen molar-refractivity contribution < 1.29 is 9.79 Å². The number of hydrogen-bond donors (Lipinski definition) is 1. The number of ketones is 1. The summed E-state index contributed by atoms with van der Waals surface area (Å²) in [5.41, 5.74) is 0.0788. The molecule has 0 aliphatic heterocycles. The largest absolute Gasteiger partial charge is 0.299 e. The molecule has 0 aromatic rings. The van der Waals surface area contributed by atoms with Gasteiger partial charge in [-0.2, -0.15) is 0 Å². The lowest BCUT2D eigenvalue weighted by Crippen LogP contribution is -2.81. The van der Waals surface area contributed by atoms with Crippen molar-refractivity contribution in [2.75, 3.05) is 0 Å². The van der Waals surface area contributed by atoms with E-state index in [0.29, 0.717) is 6.42 Å². The quantitative estimate of drug-likeness (QED) is 0.537. The zero-order valence-electron chi connectivity index (χ0n) is 7.19. The molecular formula is C8H16NO+. The maximum Gasteiger partial charge on any atom is 0.151 e. The van der Waals surface area contributed by atoms with Crippen LogP contribution in [0.5, 0.6) is 0 Å². The summed E-state index contributed by atoms with van der Waals surface area (Å²) < 4.78 is 0. The topological polar surface area (TPSA) is 31.0 Å². The van der Waals surface area contributed by atoms with Gasteiger partial charge < -0.3 is 0 Å². The SMILES string of the molecule is CC(=O)CC=[NH+]C(C)(C)C. The first-order valence-electron chi connectivity index (χ1n) is 3.50. The maximum atomic E-state index is 10.5.